The molecule has 1 heterocycles. The number of aliphatic imine (C=N–C) groups is 1. The van der Waals surface area contributed by atoms with Gasteiger partial charge in [-0.25, -0.2) is 4.99 Å². The Kier molecular flexibility index (Phi) is 7.42. The van der Waals surface area contributed by atoms with Gasteiger partial charge in [-0.15, -0.1) is 11.3 Å². The number of methoxy groups -OCH3 is 1. The first-order valence-corrected chi connectivity index (χ1v) is 9.27. The maximum Gasteiger partial charge on any atom is 0.191 e. The van der Waals surface area contributed by atoms with Crippen molar-refractivity contribution in [2.45, 2.75) is 19.9 Å². The summed E-state index contributed by atoms with van der Waals surface area (Å²) >= 11 is 5.29. The summed E-state index contributed by atoms with van der Waals surface area (Å²) in [6.45, 7) is 4.41. The highest BCUT2D eigenvalue weighted by Gasteiger charge is 2.02. The average molecular weight is 396 g/mol. The van der Waals surface area contributed by atoms with Crippen molar-refractivity contribution in [2.75, 3.05) is 20.2 Å². The molecular formula is C17H22BrN3OS. The number of halogens is 1. The van der Waals surface area contributed by atoms with Gasteiger partial charge in [0.25, 0.3) is 0 Å². The highest BCUT2D eigenvalue weighted by Crippen LogP contribution is 2.25. The molecule has 23 heavy (non-hydrogen) atoms. The van der Waals surface area contributed by atoms with E-state index in [1.54, 1.807) is 18.4 Å². The van der Waals surface area contributed by atoms with Crippen LogP contribution in [0.2, 0.25) is 0 Å². The van der Waals surface area contributed by atoms with Crippen LogP contribution in [0.5, 0.6) is 5.75 Å². The van der Waals surface area contributed by atoms with Crippen LogP contribution in [-0.2, 0) is 13.0 Å². The lowest BCUT2D eigenvalue weighted by Gasteiger charge is -2.11. The first-order chi connectivity index (χ1) is 11.2. The van der Waals surface area contributed by atoms with Crippen molar-refractivity contribution in [3.8, 4) is 5.75 Å². The third kappa shape index (κ3) is 5.88. The lowest BCUT2D eigenvalue weighted by Crippen LogP contribution is -2.38. The van der Waals surface area contributed by atoms with Crippen LogP contribution in [0.4, 0.5) is 0 Å². The van der Waals surface area contributed by atoms with Gasteiger partial charge in [0.1, 0.15) is 5.75 Å². The van der Waals surface area contributed by atoms with E-state index < -0.39 is 0 Å². The van der Waals surface area contributed by atoms with E-state index in [9.17, 15) is 0 Å². The molecule has 0 spiro atoms. The average Bonchev–Trinajstić information content (AvgIpc) is 3.06. The molecule has 0 amide bonds. The second kappa shape index (κ2) is 9.57. The van der Waals surface area contributed by atoms with E-state index in [0.717, 1.165) is 41.3 Å². The minimum absolute atomic E-state index is 0.622. The van der Waals surface area contributed by atoms with E-state index in [1.165, 1.54) is 4.88 Å². The molecule has 0 fully saturated rings. The van der Waals surface area contributed by atoms with Crippen LogP contribution in [0.3, 0.4) is 0 Å². The summed E-state index contributed by atoms with van der Waals surface area (Å²) in [5, 5.41) is 8.76. The Bertz CT molecular complexity index is 629. The Morgan fingerprint density at radius 1 is 1.30 bits per heavy atom. The van der Waals surface area contributed by atoms with E-state index in [0.29, 0.717) is 6.54 Å². The fraction of sp³-hybridized carbons (Fsp3) is 0.353. The van der Waals surface area contributed by atoms with E-state index >= 15 is 0 Å². The maximum absolute atomic E-state index is 5.25. The van der Waals surface area contributed by atoms with Crippen LogP contribution < -0.4 is 15.4 Å². The van der Waals surface area contributed by atoms with Crippen molar-refractivity contribution in [2.24, 2.45) is 4.99 Å². The molecule has 0 atom stereocenters. The predicted octanol–water partition coefficient (Wildman–Crippen LogP) is 3.82. The van der Waals surface area contributed by atoms with Crippen molar-refractivity contribution >= 4 is 33.2 Å². The highest BCUT2D eigenvalue weighted by atomic mass is 79.9. The number of thiophene rings is 1. The Hall–Kier alpha value is -1.53. The van der Waals surface area contributed by atoms with Gasteiger partial charge in [-0.3, -0.25) is 0 Å². The first-order valence-electron chi connectivity index (χ1n) is 7.60. The molecule has 0 aliphatic rings. The summed E-state index contributed by atoms with van der Waals surface area (Å²) in [5.41, 5.74) is 1.13. The van der Waals surface area contributed by atoms with Crippen LogP contribution in [0, 0.1) is 0 Å². The van der Waals surface area contributed by atoms with Gasteiger partial charge in [-0.05, 0) is 58.4 Å². The summed E-state index contributed by atoms with van der Waals surface area (Å²) in [4.78, 5) is 6.02. The third-order valence-corrected chi connectivity index (χ3v) is 4.78. The van der Waals surface area contributed by atoms with Crippen LogP contribution in [0.1, 0.15) is 17.4 Å². The fourth-order valence-electron chi connectivity index (χ4n) is 2.08. The van der Waals surface area contributed by atoms with Crippen molar-refractivity contribution in [1.82, 2.24) is 10.6 Å². The molecule has 6 heteroatoms. The Labute approximate surface area is 150 Å². The summed E-state index contributed by atoms with van der Waals surface area (Å²) < 4.78 is 6.19. The van der Waals surface area contributed by atoms with Gasteiger partial charge < -0.3 is 15.4 Å². The molecule has 0 bridgehead atoms. The van der Waals surface area contributed by atoms with Crippen LogP contribution in [0.15, 0.2) is 45.2 Å². The van der Waals surface area contributed by atoms with Crippen molar-refractivity contribution < 1.29 is 4.74 Å². The van der Waals surface area contributed by atoms with E-state index in [-0.39, 0.29) is 0 Å². The molecule has 0 aliphatic carbocycles. The zero-order valence-corrected chi connectivity index (χ0v) is 15.8. The molecule has 2 N–H and O–H groups in total. The monoisotopic (exact) mass is 395 g/mol. The molecule has 4 nitrogen and oxygen atoms in total. The van der Waals surface area contributed by atoms with Crippen LogP contribution in [-0.4, -0.2) is 26.2 Å². The molecule has 1 aromatic heterocycles. The second-order valence-electron chi connectivity index (χ2n) is 4.92. The van der Waals surface area contributed by atoms with Gasteiger partial charge >= 0.3 is 0 Å². The molecule has 0 aliphatic heterocycles. The molecule has 0 saturated carbocycles. The van der Waals surface area contributed by atoms with Gasteiger partial charge in [0.15, 0.2) is 5.96 Å². The molecule has 0 saturated heterocycles. The van der Waals surface area contributed by atoms with Crippen LogP contribution in [0.25, 0.3) is 0 Å². The minimum atomic E-state index is 0.622. The Balaban J connectivity index is 1.90. The van der Waals surface area contributed by atoms with E-state index in [2.05, 4.69) is 56.0 Å². The summed E-state index contributed by atoms with van der Waals surface area (Å²) in [6.07, 6.45) is 1.01. The maximum atomic E-state index is 5.25. The predicted molar refractivity (Wildman–Crippen MR) is 102 cm³/mol. The number of hydrogen-bond donors (Lipinski definition) is 2. The molecular weight excluding hydrogens is 374 g/mol. The lowest BCUT2D eigenvalue weighted by atomic mass is 10.2. The van der Waals surface area contributed by atoms with E-state index in [1.807, 2.05) is 18.2 Å². The summed E-state index contributed by atoms with van der Waals surface area (Å²) in [6, 6.07) is 10.3. The molecule has 2 aromatic rings. The molecule has 124 valence electrons. The minimum Gasteiger partial charge on any atom is -0.496 e. The number of nitrogens with zero attached hydrogens (tertiary/aromatic N) is 1. The third-order valence-electron chi connectivity index (χ3n) is 3.22. The van der Waals surface area contributed by atoms with E-state index in [4.69, 9.17) is 4.74 Å². The van der Waals surface area contributed by atoms with Gasteiger partial charge in [-0.1, -0.05) is 12.1 Å². The Morgan fingerprint density at radius 2 is 2.17 bits per heavy atom. The fourth-order valence-corrected chi connectivity index (χ4v) is 3.38. The van der Waals surface area contributed by atoms with Crippen molar-refractivity contribution in [3.63, 3.8) is 0 Å². The summed E-state index contributed by atoms with van der Waals surface area (Å²) in [5.74, 6) is 1.68. The number of ether oxygens (including phenoxy) is 1. The SMILES string of the molecule is CCNC(=NCc1ccc(OC)c(Br)c1)NCCc1cccs1. The second-order valence-corrected chi connectivity index (χ2v) is 6.81. The number of rotatable bonds is 7. The molecule has 1 aromatic carbocycles. The van der Waals surface area contributed by atoms with Gasteiger partial charge in [0.2, 0.25) is 0 Å². The van der Waals surface area contributed by atoms with Crippen LogP contribution >= 0.6 is 27.3 Å². The normalized spacial score (nSPS) is 11.3. The number of nitrogens with one attached hydrogen (secondary N) is 2. The summed E-state index contributed by atoms with van der Waals surface area (Å²) in [7, 11) is 1.67. The highest BCUT2D eigenvalue weighted by molar-refractivity contribution is 9.10. The quantitative estimate of drug-likeness (QED) is 0.553. The molecule has 0 unspecified atom stereocenters. The largest absolute Gasteiger partial charge is 0.496 e. The molecule has 2 rings (SSSR count). The van der Waals surface area contributed by atoms with Gasteiger partial charge in [0.05, 0.1) is 18.1 Å². The zero-order chi connectivity index (χ0) is 16.5. The van der Waals surface area contributed by atoms with Crippen molar-refractivity contribution in [3.05, 3.63) is 50.6 Å². The smallest absolute Gasteiger partial charge is 0.191 e. The first kappa shape index (κ1) is 17.8. The Morgan fingerprint density at radius 3 is 2.83 bits per heavy atom. The zero-order valence-electron chi connectivity index (χ0n) is 13.4. The number of benzene rings is 1. The topological polar surface area (TPSA) is 45.7 Å². The number of guanidine groups is 1. The van der Waals surface area contributed by atoms with Gasteiger partial charge in [-0.2, -0.15) is 0 Å². The number of hydrogen-bond acceptors (Lipinski definition) is 3. The van der Waals surface area contributed by atoms with Gasteiger partial charge in [0, 0.05) is 18.0 Å². The molecule has 0 radical (unpaired) electrons. The lowest BCUT2D eigenvalue weighted by molar-refractivity contribution is 0.412. The van der Waals surface area contributed by atoms with Crippen molar-refractivity contribution in [1.29, 1.82) is 0 Å². The standard InChI is InChI=1S/C17H22BrN3OS/c1-3-19-17(20-9-8-14-5-4-10-23-14)21-12-13-6-7-16(22-2)15(18)11-13/h4-7,10-11H,3,8-9,12H2,1-2H3,(H2,19,20,21).